The number of benzene rings is 1. The lowest BCUT2D eigenvalue weighted by atomic mass is 10.2. The quantitative estimate of drug-likeness (QED) is 0.680. The van der Waals surface area contributed by atoms with Gasteiger partial charge in [0.15, 0.2) is 4.34 Å². The van der Waals surface area contributed by atoms with Crippen LogP contribution >= 0.6 is 39.0 Å². The average Bonchev–Trinajstić information content (AvgIpc) is 2.84. The average molecular weight is 346 g/mol. The molecule has 18 heavy (non-hydrogen) atoms. The van der Waals surface area contributed by atoms with Crippen LogP contribution < -0.4 is 5.73 Å². The van der Waals surface area contributed by atoms with Crippen molar-refractivity contribution in [2.24, 2.45) is 0 Å². The van der Waals surface area contributed by atoms with E-state index in [2.05, 4.69) is 30.9 Å². The van der Waals surface area contributed by atoms with Gasteiger partial charge in [-0.1, -0.05) is 23.1 Å². The second kappa shape index (κ2) is 5.68. The Morgan fingerprint density at radius 2 is 2.33 bits per heavy atom. The van der Waals surface area contributed by atoms with Gasteiger partial charge in [0.1, 0.15) is 5.51 Å². The molecule has 2 N–H and O–H groups in total. The van der Waals surface area contributed by atoms with Crippen LogP contribution in [0.4, 0.5) is 5.69 Å². The number of anilines is 1. The lowest BCUT2D eigenvalue weighted by Gasteiger charge is -2.08. The molecule has 1 aromatic carbocycles. The highest BCUT2D eigenvalue weighted by Crippen LogP contribution is 2.36. The second-order valence-electron chi connectivity index (χ2n) is 3.17. The van der Waals surface area contributed by atoms with Gasteiger partial charge in [-0.05, 0) is 28.1 Å². The van der Waals surface area contributed by atoms with Gasteiger partial charge in [0.25, 0.3) is 0 Å². The minimum Gasteiger partial charge on any atom is -0.465 e. The predicted molar refractivity (Wildman–Crippen MR) is 73.9 cm³/mol. The number of nitrogen functional groups attached to an aromatic ring is 1. The summed E-state index contributed by atoms with van der Waals surface area (Å²) in [6, 6.07) is 3.35. The summed E-state index contributed by atoms with van der Waals surface area (Å²) in [5.41, 5.74) is 8.13. The van der Waals surface area contributed by atoms with E-state index in [0.717, 1.165) is 13.7 Å². The van der Waals surface area contributed by atoms with E-state index in [9.17, 15) is 4.79 Å². The normalized spacial score (nSPS) is 10.3. The molecule has 0 aliphatic rings. The number of aromatic nitrogens is 2. The third kappa shape index (κ3) is 2.82. The number of hydrogen-bond acceptors (Lipinski definition) is 7. The van der Waals surface area contributed by atoms with Crippen LogP contribution in [0.5, 0.6) is 0 Å². The highest BCUT2D eigenvalue weighted by atomic mass is 79.9. The van der Waals surface area contributed by atoms with Crippen molar-refractivity contribution in [2.45, 2.75) is 9.24 Å². The van der Waals surface area contributed by atoms with Crippen LogP contribution in [0.1, 0.15) is 10.4 Å². The van der Waals surface area contributed by atoms with Gasteiger partial charge in [0.05, 0.1) is 12.7 Å². The number of halogens is 1. The first kappa shape index (κ1) is 13.3. The third-order valence-electron chi connectivity index (χ3n) is 2.05. The number of ether oxygens (including phenoxy) is 1. The maximum Gasteiger partial charge on any atom is 0.339 e. The number of esters is 1. The van der Waals surface area contributed by atoms with Crippen LogP contribution in [0, 0.1) is 0 Å². The Hall–Kier alpha value is -1.12. The Balaban J connectivity index is 2.38. The van der Waals surface area contributed by atoms with Crippen molar-refractivity contribution in [2.75, 3.05) is 12.8 Å². The zero-order chi connectivity index (χ0) is 13.1. The Kier molecular flexibility index (Phi) is 4.20. The van der Waals surface area contributed by atoms with E-state index in [4.69, 9.17) is 5.73 Å². The van der Waals surface area contributed by atoms with Crippen molar-refractivity contribution in [3.63, 3.8) is 0 Å². The highest BCUT2D eigenvalue weighted by Gasteiger charge is 2.15. The molecular formula is C10H8BrN3O2S2. The van der Waals surface area contributed by atoms with Gasteiger partial charge < -0.3 is 10.5 Å². The van der Waals surface area contributed by atoms with E-state index in [1.807, 2.05) is 0 Å². The molecule has 0 amide bonds. The summed E-state index contributed by atoms with van der Waals surface area (Å²) >= 11 is 6.23. The SMILES string of the molecule is COC(=O)c1cc(Sc2nncs2)c(Br)cc1N. The Bertz CT molecular complexity index is 575. The third-order valence-corrected chi connectivity index (χ3v) is 4.80. The van der Waals surface area contributed by atoms with Crippen molar-refractivity contribution in [3.8, 4) is 0 Å². The fourth-order valence-electron chi connectivity index (χ4n) is 1.24. The molecule has 2 rings (SSSR count). The number of carbonyl (C=O) groups excluding carboxylic acids is 1. The minimum absolute atomic E-state index is 0.340. The van der Waals surface area contributed by atoms with Crippen molar-refractivity contribution >= 4 is 50.7 Å². The van der Waals surface area contributed by atoms with Gasteiger partial charge in [-0.2, -0.15) is 0 Å². The molecule has 0 bridgehead atoms. The van der Waals surface area contributed by atoms with Crippen molar-refractivity contribution in [3.05, 3.63) is 27.7 Å². The highest BCUT2D eigenvalue weighted by molar-refractivity contribution is 9.10. The van der Waals surface area contributed by atoms with Crippen molar-refractivity contribution < 1.29 is 9.53 Å². The van der Waals surface area contributed by atoms with E-state index in [1.165, 1.54) is 30.2 Å². The first-order chi connectivity index (χ1) is 8.61. The molecule has 0 atom stereocenters. The molecule has 94 valence electrons. The van der Waals surface area contributed by atoms with Crippen LogP contribution in [-0.2, 0) is 4.74 Å². The van der Waals surface area contributed by atoms with E-state index < -0.39 is 5.97 Å². The summed E-state index contributed by atoms with van der Waals surface area (Å²) in [5.74, 6) is -0.459. The fraction of sp³-hybridized carbons (Fsp3) is 0.100. The van der Waals surface area contributed by atoms with E-state index in [-0.39, 0.29) is 0 Å². The number of rotatable bonds is 3. The van der Waals surface area contributed by atoms with Crippen molar-refractivity contribution in [1.29, 1.82) is 0 Å². The number of nitrogens with zero attached hydrogens (tertiary/aromatic N) is 2. The lowest BCUT2D eigenvalue weighted by Crippen LogP contribution is -2.05. The van der Waals surface area contributed by atoms with Crippen molar-refractivity contribution in [1.82, 2.24) is 10.2 Å². The standard InChI is InChI=1S/C10H8BrN3O2S2/c1-16-9(15)5-2-8(6(11)3-7(5)12)18-10-14-13-4-17-10/h2-4H,12H2,1H3. The summed E-state index contributed by atoms with van der Waals surface area (Å²) < 4.78 is 6.27. The molecule has 2 aromatic rings. The summed E-state index contributed by atoms with van der Waals surface area (Å²) in [6.45, 7) is 0. The van der Waals surface area contributed by atoms with Crippen LogP contribution in [0.15, 0.2) is 31.4 Å². The molecule has 0 saturated heterocycles. The molecule has 1 heterocycles. The van der Waals surface area contributed by atoms with Crippen LogP contribution in [0.3, 0.4) is 0 Å². The van der Waals surface area contributed by atoms with Gasteiger partial charge in [0.2, 0.25) is 0 Å². The summed E-state index contributed by atoms with van der Waals surface area (Å²) in [7, 11) is 1.32. The summed E-state index contributed by atoms with van der Waals surface area (Å²) in [4.78, 5) is 12.4. The van der Waals surface area contributed by atoms with Gasteiger partial charge in [-0.3, -0.25) is 0 Å². The maximum atomic E-state index is 11.5. The molecule has 5 nitrogen and oxygen atoms in total. The van der Waals surface area contributed by atoms with Gasteiger partial charge >= 0.3 is 5.97 Å². The monoisotopic (exact) mass is 345 g/mol. The first-order valence-corrected chi connectivity index (χ1v) is 7.22. The second-order valence-corrected chi connectivity index (χ2v) is 6.14. The van der Waals surface area contributed by atoms with Crippen LogP contribution in [-0.4, -0.2) is 23.3 Å². The minimum atomic E-state index is -0.459. The van der Waals surface area contributed by atoms with E-state index in [1.54, 1.807) is 17.6 Å². The largest absolute Gasteiger partial charge is 0.465 e. The maximum absolute atomic E-state index is 11.5. The molecule has 0 radical (unpaired) electrons. The summed E-state index contributed by atoms with van der Waals surface area (Å²) in [6.07, 6.45) is 0. The Morgan fingerprint density at radius 3 is 2.94 bits per heavy atom. The molecule has 0 aliphatic carbocycles. The molecule has 1 aromatic heterocycles. The molecule has 0 spiro atoms. The van der Waals surface area contributed by atoms with Gasteiger partial charge in [0, 0.05) is 15.1 Å². The van der Waals surface area contributed by atoms with Crippen LogP contribution in [0.2, 0.25) is 0 Å². The van der Waals surface area contributed by atoms with E-state index >= 15 is 0 Å². The Morgan fingerprint density at radius 1 is 1.56 bits per heavy atom. The fourth-order valence-corrected chi connectivity index (χ4v) is 3.32. The predicted octanol–water partition coefficient (Wildman–Crippen LogP) is 2.82. The molecule has 0 saturated carbocycles. The number of carbonyl (C=O) groups is 1. The molecule has 0 unspecified atom stereocenters. The number of nitrogens with two attached hydrogens (primary N) is 1. The topological polar surface area (TPSA) is 78.1 Å². The molecule has 0 aliphatic heterocycles. The molecular weight excluding hydrogens is 338 g/mol. The molecule has 0 fully saturated rings. The number of hydrogen-bond donors (Lipinski definition) is 1. The first-order valence-electron chi connectivity index (χ1n) is 4.73. The zero-order valence-electron chi connectivity index (χ0n) is 9.21. The van der Waals surface area contributed by atoms with Gasteiger partial charge in [-0.15, -0.1) is 10.2 Å². The smallest absolute Gasteiger partial charge is 0.339 e. The van der Waals surface area contributed by atoms with E-state index in [0.29, 0.717) is 11.3 Å². The number of methoxy groups -OCH3 is 1. The van der Waals surface area contributed by atoms with Crippen LogP contribution in [0.25, 0.3) is 0 Å². The lowest BCUT2D eigenvalue weighted by molar-refractivity contribution is 0.0601. The van der Waals surface area contributed by atoms with Gasteiger partial charge in [-0.25, -0.2) is 4.79 Å². The zero-order valence-corrected chi connectivity index (χ0v) is 12.4. The molecule has 8 heteroatoms. The summed E-state index contributed by atoms with van der Waals surface area (Å²) in [5, 5.41) is 7.69. The Labute approximate surface area is 120 Å².